The predicted octanol–water partition coefficient (Wildman–Crippen LogP) is 5.46. The Bertz CT molecular complexity index is 685. The molecule has 0 aromatic heterocycles. The molecule has 1 aliphatic heterocycles. The van der Waals surface area contributed by atoms with E-state index in [0.29, 0.717) is 17.6 Å². The normalized spacial score (nSPS) is 22.0. The number of hydrogen-bond donors (Lipinski definition) is 1. The highest BCUT2D eigenvalue weighted by atomic mass is 19.4. The molecule has 0 radical (unpaired) electrons. The summed E-state index contributed by atoms with van der Waals surface area (Å²) in [5.74, 6) is 1.54. The van der Waals surface area contributed by atoms with E-state index in [1.54, 1.807) is 0 Å². The van der Waals surface area contributed by atoms with Crippen LogP contribution in [-0.2, 0) is 6.18 Å². The van der Waals surface area contributed by atoms with Gasteiger partial charge in [-0.1, -0.05) is 37.3 Å². The van der Waals surface area contributed by atoms with E-state index in [0.717, 1.165) is 43.6 Å². The highest BCUT2D eigenvalue weighted by Crippen LogP contribution is 2.35. The topological polar surface area (TPSA) is 21.3 Å². The first-order valence-corrected chi connectivity index (χ1v) is 9.03. The van der Waals surface area contributed by atoms with Gasteiger partial charge in [0, 0.05) is 0 Å². The van der Waals surface area contributed by atoms with Crippen LogP contribution < -0.4 is 10.1 Å². The van der Waals surface area contributed by atoms with Gasteiger partial charge in [-0.05, 0) is 67.6 Å². The molecule has 5 heteroatoms. The average molecular weight is 363 g/mol. The van der Waals surface area contributed by atoms with E-state index in [9.17, 15) is 13.2 Å². The number of ether oxygens (including phenoxy) is 1. The first-order chi connectivity index (χ1) is 12.4. The van der Waals surface area contributed by atoms with Gasteiger partial charge >= 0.3 is 6.18 Å². The number of hydrogen-bond acceptors (Lipinski definition) is 2. The van der Waals surface area contributed by atoms with Gasteiger partial charge in [0.25, 0.3) is 0 Å². The van der Waals surface area contributed by atoms with E-state index in [4.69, 9.17) is 4.74 Å². The van der Waals surface area contributed by atoms with Crippen LogP contribution in [0.15, 0.2) is 54.6 Å². The maximum Gasteiger partial charge on any atom is 0.416 e. The van der Waals surface area contributed by atoms with E-state index < -0.39 is 11.7 Å². The summed E-state index contributed by atoms with van der Waals surface area (Å²) < 4.78 is 44.4. The van der Waals surface area contributed by atoms with Crippen molar-refractivity contribution in [1.29, 1.82) is 0 Å². The number of halogens is 3. The zero-order valence-corrected chi connectivity index (χ0v) is 14.8. The lowest BCUT2D eigenvalue weighted by molar-refractivity contribution is -0.137. The Morgan fingerprint density at radius 3 is 2.38 bits per heavy atom. The van der Waals surface area contributed by atoms with Crippen molar-refractivity contribution in [2.24, 2.45) is 11.8 Å². The second-order valence-electron chi connectivity index (χ2n) is 7.01. The summed E-state index contributed by atoms with van der Waals surface area (Å²) in [4.78, 5) is 0. The van der Waals surface area contributed by atoms with Crippen molar-refractivity contribution in [2.75, 3.05) is 13.1 Å². The minimum atomic E-state index is -4.33. The molecular formula is C21H24F3NO. The average Bonchev–Trinajstić information content (AvgIpc) is 2.63. The fourth-order valence-corrected chi connectivity index (χ4v) is 3.50. The Balaban J connectivity index is 1.77. The molecule has 140 valence electrons. The van der Waals surface area contributed by atoms with Crippen molar-refractivity contribution >= 4 is 0 Å². The summed E-state index contributed by atoms with van der Waals surface area (Å²) in [6, 6.07) is 14.9. The van der Waals surface area contributed by atoms with Crippen molar-refractivity contribution < 1.29 is 17.9 Å². The monoisotopic (exact) mass is 363 g/mol. The molecule has 1 heterocycles. The number of rotatable bonds is 5. The molecule has 0 spiro atoms. The van der Waals surface area contributed by atoms with Gasteiger partial charge in [0.05, 0.1) is 5.56 Å². The first-order valence-electron chi connectivity index (χ1n) is 9.03. The molecule has 1 fully saturated rings. The Kier molecular flexibility index (Phi) is 5.87. The van der Waals surface area contributed by atoms with E-state index in [2.05, 4.69) is 12.2 Å². The molecule has 2 aromatic carbocycles. The van der Waals surface area contributed by atoms with Crippen LogP contribution in [0, 0.1) is 11.8 Å². The van der Waals surface area contributed by atoms with E-state index in [1.807, 2.05) is 30.3 Å². The molecule has 3 rings (SSSR count). The minimum absolute atomic E-state index is 0.168. The van der Waals surface area contributed by atoms with Gasteiger partial charge in [-0.25, -0.2) is 0 Å². The van der Waals surface area contributed by atoms with Gasteiger partial charge in [-0.3, -0.25) is 0 Å². The first kappa shape index (κ1) is 18.8. The Labute approximate surface area is 152 Å². The number of alkyl halides is 3. The van der Waals surface area contributed by atoms with Gasteiger partial charge in [0.15, 0.2) is 0 Å². The molecule has 0 saturated carbocycles. The van der Waals surface area contributed by atoms with Crippen LogP contribution in [0.3, 0.4) is 0 Å². The second-order valence-corrected chi connectivity index (χ2v) is 7.01. The van der Waals surface area contributed by atoms with Crippen LogP contribution in [0.4, 0.5) is 13.2 Å². The molecule has 1 N–H and O–H groups in total. The summed E-state index contributed by atoms with van der Waals surface area (Å²) in [7, 11) is 0. The molecule has 26 heavy (non-hydrogen) atoms. The summed E-state index contributed by atoms with van der Waals surface area (Å²) >= 11 is 0. The summed E-state index contributed by atoms with van der Waals surface area (Å²) in [5, 5.41) is 3.40. The van der Waals surface area contributed by atoms with Crippen LogP contribution in [0.25, 0.3) is 0 Å². The minimum Gasteiger partial charge on any atom is -0.486 e. The molecule has 1 aliphatic rings. The third kappa shape index (κ3) is 4.79. The molecule has 2 nitrogen and oxygen atoms in total. The van der Waals surface area contributed by atoms with Gasteiger partial charge in [0.1, 0.15) is 11.9 Å². The molecule has 0 amide bonds. The largest absolute Gasteiger partial charge is 0.486 e. The molecule has 0 bridgehead atoms. The zero-order valence-electron chi connectivity index (χ0n) is 14.8. The van der Waals surface area contributed by atoms with Gasteiger partial charge in [-0.2, -0.15) is 13.2 Å². The Morgan fingerprint density at radius 2 is 1.77 bits per heavy atom. The van der Waals surface area contributed by atoms with Gasteiger partial charge in [-0.15, -0.1) is 0 Å². The highest BCUT2D eigenvalue weighted by molar-refractivity contribution is 5.30. The standard InChI is InChI=1S/C21H24F3NO/c1-15-14-25-12-11-17(15)13-20(16-5-3-2-4-6-16)26-19-9-7-18(8-10-19)21(22,23)24/h2-10,15,17,20,25H,11-14H2,1H3. The summed E-state index contributed by atoms with van der Waals surface area (Å²) in [6.07, 6.45) is -2.56. The molecule has 3 unspecified atom stereocenters. The zero-order chi connectivity index (χ0) is 18.6. The third-order valence-corrected chi connectivity index (χ3v) is 5.11. The summed E-state index contributed by atoms with van der Waals surface area (Å²) in [5.41, 5.74) is 0.395. The van der Waals surface area contributed by atoms with Crippen LogP contribution in [-0.4, -0.2) is 13.1 Å². The highest BCUT2D eigenvalue weighted by Gasteiger charge is 2.30. The predicted molar refractivity (Wildman–Crippen MR) is 96.0 cm³/mol. The molecule has 3 atom stereocenters. The van der Waals surface area contributed by atoms with E-state index in [1.165, 1.54) is 12.1 Å². The third-order valence-electron chi connectivity index (χ3n) is 5.11. The quantitative estimate of drug-likeness (QED) is 0.761. The lowest BCUT2D eigenvalue weighted by Crippen LogP contribution is -2.36. The van der Waals surface area contributed by atoms with E-state index >= 15 is 0 Å². The van der Waals surface area contributed by atoms with Crippen molar-refractivity contribution in [3.05, 3.63) is 65.7 Å². The SMILES string of the molecule is CC1CNCCC1CC(Oc1ccc(C(F)(F)F)cc1)c1ccccc1. The van der Waals surface area contributed by atoms with Crippen molar-refractivity contribution in [3.8, 4) is 5.75 Å². The number of benzene rings is 2. The van der Waals surface area contributed by atoms with Crippen LogP contribution >= 0.6 is 0 Å². The number of piperidine rings is 1. The van der Waals surface area contributed by atoms with Crippen molar-refractivity contribution in [1.82, 2.24) is 5.32 Å². The fraction of sp³-hybridized carbons (Fsp3) is 0.429. The van der Waals surface area contributed by atoms with Gasteiger partial charge in [0.2, 0.25) is 0 Å². The molecule has 1 saturated heterocycles. The molecule has 0 aliphatic carbocycles. The Morgan fingerprint density at radius 1 is 1.08 bits per heavy atom. The van der Waals surface area contributed by atoms with Crippen LogP contribution in [0.2, 0.25) is 0 Å². The van der Waals surface area contributed by atoms with Gasteiger partial charge < -0.3 is 10.1 Å². The van der Waals surface area contributed by atoms with Crippen LogP contribution in [0.5, 0.6) is 5.75 Å². The maximum atomic E-state index is 12.8. The maximum absolute atomic E-state index is 12.8. The Hall–Kier alpha value is -2.01. The number of nitrogens with one attached hydrogen (secondary N) is 1. The molecular weight excluding hydrogens is 339 g/mol. The second kappa shape index (κ2) is 8.12. The molecule has 2 aromatic rings. The summed E-state index contributed by atoms with van der Waals surface area (Å²) in [6.45, 7) is 4.22. The van der Waals surface area contributed by atoms with Crippen molar-refractivity contribution in [3.63, 3.8) is 0 Å². The van der Waals surface area contributed by atoms with Crippen LogP contribution in [0.1, 0.15) is 37.0 Å². The lowest BCUT2D eigenvalue weighted by Gasteiger charge is -2.32. The smallest absolute Gasteiger partial charge is 0.416 e. The van der Waals surface area contributed by atoms with Crippen molar-refractivity contribution in [2.45, 2.75) is 32.0 Å². The fourth-order valence-electron chi connectivity index (χ4n) is 3.50. The van der Waals surface area contributed by atoms with E-state index in [-0.39, 0.29) is 6.10 Å². The lowest BCUT2D eigenvalue weighted by atomic mass is 9.82.